The van der Waals surface area contributed by atoms with Crippen molar-refractivity contribution < 1.29 is 26.2 Å². The minimum atomic E-state index is 0. The summed E-state index contributed by atoms with van der Waals surface area (Å²) in [5.74, 6) is 3.71. The summed E-state index contributed by atoms with van der Waals surface area (Å²) in [5.41, 5.74) is 15.5. The summed E-state index contributed by atoms with van der Waals surface area (Å²) in [6.45, 7) is 27.3. The minimum absolute atomic E-state index is 0. The number of imidazole rings is 2. The molecule has 6 heteroatoms. The van der Waals surface area contributed by atoms with Crippen LogP contribution in [-0.2, 0) is 21.1 Å². The van der Waals surface area contributed by atoms with Crippen LogP contribution in [-0.4, -0.2) is 24.2 Å². The summed E-state index contributed by atoms with van der Waals surface area (Å²) in [5, 5.41) is 11.3. The van der Waals surface area contributed by atoms with E-state index in [0.29, 0.717) is 35.1 Å². The van der Waals surface area contributed by atoms with Gasteiger partial charge in [0.2, 0.25) is 0 Å². The molecule has 0 bridgehead atoms. The Labute approximate surface area is 360 Å². The van der Waals surface area contributed by atoms with Crippen molar-refractivity contribution >= 4 is 11.0 Å². The molecule has 0 saturated heterocycles. The first kappa shape index (κ1) is 42.9. The van der Waals surface area contributed by atoms with Crippen LogP contribution in [0.4, 0.5) is 0 Å². The van der Waals surface area contributed by atoms with Crippen LogP contribution in [0.3, 0.4) is 0 Å². The van der Waals surface area contributed by atoms with Crippen LogP contribution >= 0.6 is 0 Å². The maximum absolute atomic E-state index is 11.3. The molecule has 0 atom stereocenters. The Hall–Kier alpha value is -4.73. The van der Waals surface area contributed by atoms with E-state index in [4.69, 9.17) is 9.97 Å². The van der Waals surface area contributed by atoms with Crippen LogP contribution in [0.15, 0.2) is 97.2 Å². The number of phenols is 1. The fourth-order valence-electron chi connectivity index (χ4n) is 8.09. The number of benzene rings is 5. The molecule has 0 aliphatic carbocycles. The molecule has 5 aromatic carbocycles. The largest absolute Gasteiger partial charge is 0.507 e. The number of fused-ring (bicyclic) bond motifs is 1. The zero-order chi connectivity index (χ0) is 40.9. The van der Waals surface area contributed by atoms with E-state index in [1.807, 2.05) is 18.2 Å². The van der Waals surface area contributed by atoms with Gasteiger partial charge < -0.3 is 14.2 Å². The van der Waals surface area contributed by atoms with Gasteiger partial charge in [0.1, 0.15) is 11.6 Å². The predicted molar refractivity (Wildman–Crippen MR) is 240 cm³/mol. The number of para-hydroxylation sites is 3. The number of rotatable bonds is 11. The van der Waals surface area contributed by atoms with E-state index in [9.17, 15) is 5.11 Å². The summed E-state index contributed by atoms with van der Waals surface area (Å²) in [7, 11) is 0. The van der Waals surface area contributed by atoms with Gasteiger partial charge in [-0.2, -0.15) is 0 Å². The van der Waals surface area contributed by atoms with Crippen molar-refractivity contribution in [1.29, 1.82) is 0 Å². The van der Waals surface area contributed by atoms with E-state index in [-0.39, 0.29) is 38.7 Å². The third-order valence-corrected chi connectivity index (χ3v) is 11.4. The minimum Gasteiger partial charge on any atom is -0.507 e. The molecule has 2 aromatic heterocycles. The molecule has 0 aliphatic heterocycles. The first-order chi connectivity index (χ1) is 27.2. The van der Waals surface area contributed by atoms with E-state index < -0.39 is 0 Å². The Kier molecular flexibility index (Phi) is 12.7. The molecule has 0 unspecified atom stereocenters. The fraction of sp³-hybridized carbons (Fsp3) is 0.346. The molecule has 2 heterocycles. The van der Waals surface area contributed by atoms with Gasteiger partial charge in [0.15, 0.2) is 0 Å². The molecule has 7 aromatic rings. The summed E-state index contributed by atoms with van der Waals surface area (Å²) in [4.78, 5) is 10.7. The Balaban J connectivity index is 0.00000567. The van der Waals surface area contributed by atoms with Crippen molar-refractivity contribution in [3.63, 3.8) is 0 Å². The van der Waals surface area contributed by atoms with Gasteiger partial charge in [0, 0.05) is 38.6 Å². The van der Waals surface area contributed by atoms with Crippen molar-refractivity contribution in [2.75, 3.05) is 0 Å². The number of aromatic nitrogens is 4. The maximum Gasteiger partial charge on any atom is 0.140 e. The van der Waals surface area contributed by atoms with Crippen molar-refractivity contribution in [2.45, 2.75) is 119 Å². The molecule has 1 N–H and O–H groups in total. The van der Waals surface area contributed by atoms with Crippen LogP contribution < -0.4 is 0 Å². The van der Waals surface area contributed by atoms with E-state index in [1.54, 1.807) is 6.07 Å². The first-order valence-electron chi connectivity index (χ1n) is 20.9. The number of phenolic OH excluding ortho intramolecular Hbond substituents is 1. The zero-order valence-corrected chi connectivity index (χ0v) is 38.5. The van der Waals surface area contributed by atoms with Gasteiger partial charge >= 0.3 is 0 Å². The van der Waals surface area contributed by atoms with Gasteiger partial charge in [-0.3, -0.25) is 9.97 Å². The molecule has 0 fully saturated rings. The quantitative estimate of drug-likeness (QED) is 0.131. The second-order valence-corrected chi connectivity index (χ2v) is 17.6. The van der Waals surface area contributed by atoms with Gasteiger partial charge in [-0.1, -0.05) is 143 Å². The molecule has 5 nitrogen and oxygen atoms in total. The molecule has 0 spiro atoms. The molecule has 0 radical (unpaired) electrons. The second-order valence-electron chi connectivity index (χ2n) is 17.6. The molecule has 7 rings (SSSR count). The van der Waals surface area contributed by atoms with E-state index >= 15 is 0 Å². The van der Waals surface area contributed by atoms with Gasteiger partial charge in [0.25, 0.3) is 0 Å². The number of aromatic hydroxyl groups is 1. The Morgan fingerprint density at radius 3 is 1.55 bits per heavy atom. The standard InChI is InChI=1S/C52H59N4O.Pt/c1-30(2)38-25-41(32(5)6)49(42(26-38)33(7)8)55-29-46(54-52(55)40-20-13-16-23-48(40)57)36-18-17-19-37(24-36)51-53-45-21-14-15-22-47(45)56(51)50-43(34(9)10)27-39(31(3)4)28-44(50)35(11)12;/h13-23,25-35,57H,1-12H3;/q-1;. The van der Waals surface area contributed by atoms with Crippen LogP contribution in [0.25, 0.3) is 56.4 Å². The SMILES string of the molecule is CC(C)c1cc(C(C)C)c(-n2cc(-c3[c-]c(-c4nc5ccccc5n4-c4c(C(C)C)cc(C(C)C)cc4C(C)C)ccc3)nc2-c2ccccc2O)c(C(C)C)c1.[Pt]. The summed E-state index contributed by atoms with van der Waals surface area (Å²) in [6, 6.07) is 35.6. The van der Waals surface area contributed by atoms with Crippen LogP contribution in [0.2, 0.25) is 0 Å². The summed E-state index contributed by atoms with van der Waals surface area (Å²) in [6.07, 6.45) is 2.14. The van der Waals surface area contributed by atoms with Crippen molar-refractivity contribution in [2.24, 2.45) is 0 Å². The van der Waals surface area contributed by atoms with Crippen LogP contribution in [0.5, 0.6) is 5.75 Å². The van der Waals surface area contributed by atoms with E-state index in [0.717, 1.165) is 39.4 Å². The fourth-order valence-corrected chi connectivity index (χ4v) is 8.09. The van der Waals surface area contributed by atoms with Crippen LogP contribution in [0.1, 0.15) is 152 Å². The number of nitrogens with zero attached hydrogens (tertiary/aromatic N) is 4. The Morgan fingerprint density at radius 2 is 1.02 bits per heavy atom. The second kappa shape index (κ2) is 17.2. The summed E-state index contributed by atoms with van der Waals surface area (Å²) < 4.78 is 4.60. The average molecular weight is 951 g/mol. The summed E-state index contributed by atoms with van der Waals surface area (Å²) >= 11 is 0. The molecule has 0 aliphatic rings. The van der Waals surface area contributed by atoms with Gasteiger partial charge in [-0.25, -0.2) is 0 Å². The van der Waals surface area contributed by atoms with E-state index in [1.165, 1.54) is 39.1 Å². The zero-order valence-electron chi connectivity index (χ0n) is 36.3. The molecular weight excluding hydrogens is 892 g/mol. The molecular formula is C52H59N4OPt-. The van der Waals surface area contributed by atoms with Gasteiger partial charge in [-0.05, 0) is 93.2 Å². The first-order valence-corrected chi connectivity index (χ1v) is 20.9. The Bertz CT molecular complexity index is 2510. The smallest absolute Gasteiger partial charge is 0.140 e. The third-order valence-electron chi connectivity index (χ3n) is 11.4. The predicted octanol–water partition coefficient (Wildman–Crippen LogP) is 14.5. The maximum atomic E-state index is 11.3. The monoisotopic (exact) mass is 950 g/mol. The third kappa shape index (κ3) is 8.00. The number of hydrogen-bond acceptors (Lipinski definition) is 3. The molecule has 0 amide bonds. The van der Waals surface area contributed by atoms with Gasteiger partial charge in [-0.15, -0.1) is 24.3 Å². The molecule has 0 saturated carbocycles. The van der Waals surface area contributed by atoms with Crippen molar-refractivity contribution in [3.05, 3.63) is 137 Å². The van der Waals surface area contributed by atoms with Crippen molar-refractivity contribution in [1.82, 2.24) is 19.1 Å². The Morgan fingerprint density at radius 1 is 0.517 bits per heavy atom. The van der Waals surface area contributed by atoms with Gasteiger partial charge in [0.05, 0.1) is 28.1 Å². The molecule has 304 valence electrons. The van der Waals surface area contributed by atoms with Crippen molar-refractivity contribution in [3.8, 4) is 51.2 Å². The van der Waals surface area contributed by atoms with E-state index in [2.05, 4.69) is 171 Å². The number of hydrogen-bond donors (Lipinski definition) is 1. The normalized spacial score (nSPS) is 12.0. The average Bonchev–Trinajstić information content (AvgIpc) is 3.79. The topological polar surface area (TPSA) is 55.9 Å². The molecule has 58 heavy (non-hydrogen) atoms. The van der Waals surface area contributed by atoms with Crippen LogP contribution in [0, 0.1) is 6.07 Å².